The van der Waals surface area contributed by atoms with Crippen molar-refractivity contribution in [3.8, 4) is 0 Å². The van der Waals surface area contributed by atoms with Crippen LogP contribution in [0, 0.1) is 0 Å². The molecule has 1 aliphatic rings. The maximum atomic E-state index is 12.7. The number of nitrogens with zero attached hydrogens (tertiary/aromatic N) is 2. The molecule has 1 aromatic rings. The zero-order valence-electron chi connectivity index (χ0n) is 14.4. The molecule has 0 unspecified atom stereocenters. The number of rotatable bonds is 6. The largest absolute Gasteiger partial charge is 0.358 e. The van der Waals surface area contributed by atoms with Gasteiger partial charge in [-0.2, -0.15) is 0 Å². The maximum Gasteiger partial charge on any atom is 0.264 e. The molecule has 0 aliphatic carbocycles. The number of hydrogen-bond donors (Lipinski definition) is 1. The average molecular weight is 337 g/mol. The molecule has 1 fully saturated rings. The van der Waals surface area contributed by atoms with Crippen molar-refractivity contribution in [3.05, 3.63) is 21.4 Å². The van der Waals surface area contributed by atoms with Crippen LogP contribution in [0.2, 0.25) is 0 Å². The van der Waals surface area contributed by atoms with Crippen molar-refractivity contribution in [2.24, 2.45) is 0 Å². The van der Waals surface area contributed by atoms with E-state index in [1.165, 1.54) is 10.4 Å². The molecule has 2 heterocycles. The highest BCUT2D eigenvalue weighted by molar-refractivity contribution is 7.14. The van der Waals surface area contributed by atoms with Crippen molar-refractivity contribution in [3.63, 3.8) is 0 Å². The number of piperazine rings is 1. The Morgan fingerprint density at radius 2 is 1.91 bits per heavy atom. The quantitative estimate of drug-likeness (QED) is 0.861. The number of aryl methyl sites for hydroxylation is 2. The Bertz CT molecular complexity index is 548. The van der Waals surface area contributed by atoms with E-state index >= 15 is 0 Å². The Labute approximate surface area is 142 Å². The highest BCUT2D eigenvalue weighted by Crippen LogP contribution is 2.26. The van der Waals surface area contributed by atoms with Crippen molar-refractivity contribution in [2.75, 3.05) is 39.8 Å². The van der Waals surface area contributed by atoms with Gasteiger partial charge in [0.25, 0.3) is 5.91 Å². The van der Waals surface area contributed by atoms with Crippen LogP contribution in [0.3, 0.4) is 0 Å². The summed E-state index contributed by atoms with van der Waals surface area (Å²) >= 11 is 1.66. The van der Waals surface area contributed by atoms with Crippen LogP contribution >= 0.6 is 11.3 Å². The second kappa shape index (κ2) is 8.45. The van der Waals surface area contributed by atoms with E-state index in [1.807, 2.05) is 4.90 Å². The predicted molar refractivity (Wildman–Crippen MR) is 94.1 cm³/mol. The molecule has 23 heavy (non-hydrogen) atoms. The maximum absolute atomic E-state index is 12.7. The Hall–Kier alpha value is -1.40. The summed E-state index contributed by atoms with van der Waals surface area (Å²) in [6.45, 7) is 7.63. The molecule has 0 saturated carbocycles. The minimum Gasteiger partial charge on any atom is -0.358 e. The van der Waals surface area contributed by atoms with Crippen molar-refractivity contribution in [2.45, 2.75) is 33.1 Å². The van der Waals surface area contributed by atoms with Crippen molar-refractivity contribution >= 4 is 23.2 Å². The van der Waals surface area contributed by atoms with Gasteiger partial charge in [-0.25, -0.2) is 0 Å². The van der Waals surface area contributed by atoms with Gasteiger partial charge in [-0.05, 0) is 24.5 Å². The van der Waals surface area contributed by atoms with Gasteiger partial charge >= 0.3 is 0 Å². The molecule has 0 atom stereocenters. The first-order valence-corrected chi connectivity index (χ1v) is 9.24. The van der Waals surface area contributed by atoms with Crippen LogP contribution in [0.5, 0.6) is 0 Å². The Balaban J connectivity index is 1.95. The number of amides is 2. The molecular formula is C17H27N3O2S. The van der Waals surface area contributed by atoms with Crippen LogP contribution in [0.1, 0.15) is 40.4 Å². The summed E-state index contributed by atoms with van der Waals surface area (Å²) in [4.78, 5) is 30.4. The lowest BCUT2D eigenvalue weighted by molar-refractivity contribution is -0.122. The standard InChI is InChI=1S/C17H27N3O2S/c1-4-6-14-13(5-2)11-15(23-14)17(22)20-9-7-19(8-10-20)12-16(21)18-3/h11H,4-10,12H2,1-3H3,(H,18,21). The summed E-state index contributed by atoms with van der Waals surface area (Å²) in [5.74, 6) is 0.173. The van der Waals surface area contributed by atoms with Crippen LogP contribution in [-0.4, -0.2) is 61.4 Å². The highest BCUT2D eigenvalue weighted by Gasteiger charge is 2.24. The molecule has 1 saturated heterocycles. The van der Waals surface area contributed by atoms with Crippen LogP contribution in [0.15, 0.2) is 6.07 Å². The first kappa shape index (κ1) is 17.9. The van der Waals surface area contributed by atoms with Crippen LogP contribution in [0.4, 0.5) is 0 Å². The van der Waals surface area contributed by atoms with Crippen LogP contribution in [-0.2, 0) is 17.6 Å². The number of carbonyl (C=O) groups excluding carboxylic acids is 2. The van der Waals surface area contributed by atoms with Gasteiger partial charge in [0, 0.05) is 38.1 Å². The summed E-state index contributed by atoms with van der Waals surface area (Å²) in [7, 11) is 1.65. The second-order valence-electron chi connectivity index (χ2n) is 5.90. The molecule has 1 aromatic heterocycles. The van der Waals surface area contributed by atoms with E-state index in [4.69, 9.17) is 0 Å². The molecule has 2 rings (SSSR count). The number of nitrogens with one attached hydrogen (secondary N) is 1. The number of thiophene rings is 1. The number of hydrogen-bond acceptors (Lipinski definition) is 4. The SMILES string of the molecule is CCCc1sc(C(=O)N2CCN(CC(=O)NC)CC2)cc1CC. The van der Waals surface area contributed by atoms with Crippen molar-refractivity contribution < 1.29 is 9.59 Å². The van der Waals surface area contributed by atoms with Crippen molar-refractivity contribution in [1.82, 2.24) is 15.1 Å². The van der Waals surface area contributed by atoms with E-state index in [1.54, 1.807) is 18.4 Å². The zero-order valence-corrected chi connectivity index (χ0v) is 15.2. The van der Waals surface area contributed by atoms with E-state index in [9.17, 15) is 9.59 Å². The fraction of sp³-hybridized carbons (Fsp3) is 0.647. The van der Waals surface area contributed by atoms with E-state index in [2.05, 4.69) is 30.1 Å². The predicted octanol–water partition coefficient (Wildman–Crippen LogP) is 1.77. The molecule has 0 spiro atoms. The fourth-order valence-corrected chi connectivity index (χ4v) is 4.18. The topological polar surface area (TPSA) is 52.7 Å². The molecule has 5 nitrogen and oxygen atoms in total. The van der Waals surface area contributed by atoms with Gasteiger partial charge in [0.05, 0.1) is 11.4 Å². The molecule has 0 radical (unpaired) electrons. The molecular weight excluding hydrogens is 310 g/mol. The van der Waals surface area contributed by atoms with Gasteiger partial charge < -0.3 is 10.2 Å². The van der Waals surface area contributed by atoms with Crippen molar-refractivity contribution in [1.29, 1.82) is 0 Å². The van der Waals surface area contributed by atoms with Gasteiger partial charge in [-0.3, -0.25) is 14.5 Å². The lowest BCUT2D eigenvalue weighted by Crippen LogP contribution is -2.50. The normalized spacial score (nSPS) is 15.7. The molecule has 1 N–H and O–H groups in total. The molecule has 0 bridgehead atoms. The molecule has 2 amide bonds. The summed E-state index contributed by atoms with van der Waals surface area (Å²) in [5.41, 5.74) is 1.32. The van der Waals surface area contributed by atoms with E-state index in [0.29, 0.717) is 19.6 Å². The Morgan fingerprint density at radius 1 is 1.22 bits per heavy atom. The molecule has 1 aliphatic heterocycles. The Morgan fingerprint density at radius 3 is 2.48 bits per heavy atom. The van der Waals surface area contributed by atoms with Gasteiger partial charge in [0.1, 0.15) is 0 Å². The third-order valence-electron chi connectivity index (χ3n) is 4.27. The lowest BCUT2D eigenvalue weighted by atomic mass is 10.1. The Kier molecular flexibility index (Phi) is 6.59. The van der Waals surface area contributed by atoms with Crippen LogP contribution in [0.25, 0.3) is 0 Å². The molecule has 128 valence electrons. The number of carbonyl (C=O) groups is 2. The smallest absolute Gasteiger partial charge is 0.264 e. The van der Waals surface area contributed by atoms with Gasteiger partial charge in [-0.1, -0.05) is 20.3 Å². The summed E-state index contributed by atoms with van der Waals surface area (Å²) in [6.07, 6.45) is 3.15. The van der Waals surface area contributed by atoms with Crippen LogP contribution < -0.4 is 5.32 Å². The summed E-state index contributed by atoms with van der Waals surface area (Å²) < 4.78 is 0. The van der Waals surface area contributed by atoms with E-state index in [0.717, 1.165) is 37.2 Å². The van der Waals surface area contributed by atoms with Gasteiger partial charge in [0.2, 0.25) is 5.91 Å². The van der Waals surface area contributed by atoms with E-state index in [-0.39, 0.29) is 11.8 Å². The van der Waals surface area contributed by atoms with E-state index < -0.39 is 0 Å². The lowest BCUT2D eigenvalue weighted by Gasteiger charge is -2.34. The minimum atomic E-state index is 0.0276. The first-order chi connectivity index (χ1) is 11.1. The average Bonchev–Trinajstić information content (AvgIpc) is 2.98. The summed E-state index contributed by atoms with van der Waals surface area (Å²) in [5, 5.41) is 2.64. The molecule has 0 aromatic carbocycles. The zero-order chi connectivity index (χ0) is 16.8. The second-order valence-corrected chi connectivity index (χ2v) is 7.04. The first-order valence-electron chi connectivity index (χ1n) is 8.42. The third-order valence-corrected chi connectivity index (χ3v) is 5.50. The minimum absolute atomic E-state index is 0.0276. The third kappa shape index (κ3) is 4.54. The monoisotopic (exact) mass is 337 g/mol. The van der Waals surface area contributed by atoms with Gasteiger partial charge in [0.15, 0.2) is 0 Å². The molecule has 6 heteroatoms. The number of likely N-dealkylation sites (N-methyl/N-ethyl adjacent to an activating group) is 1. The highest BCUT2D eigenvalue weighted by atomic mass is 32.1. The van der Waals surface area contributed by atoms with Gasteiger partial charge in [-0.15, -0.1) is 11.3 Å². The summed E-state index contributed by atoms with van der Waals surface area (Å²) in [6, 6.07) is 2.08. The fourth-order valence-electron chi connectivity index (χ4n) is 2.86.